The topological polar surface area (TPSA) is 48.2 Å². The van der Waals surface area contributed by atoms with E-state index in [-0.39, 0.29) is 10.9 Å². The first-order chi connectivity index (χ1) is 10.0. The first-order valence-corrected chi connectivity index (χ1v) is 7.15. The van der Waals surface area contributed by atoms with Crippen LogP contribution in [0, 0.1) is 11.5 Å². The van der Waals surface area contributed by atoms with Gasteiger partial charge in [0, 0.05) is 17.2 Å². The van der Waals surface area contributed by atoms with E-state index in [0.29, 0.717) is 11.6 Å². The van der Waals surface area contributed by atoms with Crippen LogP contribution in [0.5, 0.6) is 0 Å². The minimum Gasteiger partial charge on any atom is -0.272 e. The quantitative estimate of drug-likeness (QED) is 0.374. The second kappa shape index (κ2) is 9.32. The molecule has 0 saturated heterocycles. The largest absolute Gasteiger partial charge is 0.301 e. The number of nitrogens with one attached hydrogen (secondary N) is 1. The smallest absolute Gasteiger partial charge is 0.272 e. The van der Waals surface area contributed by atoms with Gasteiger partial charge in [-0.1, -0.05) is 35.5 Å². The summed E-state index contributed by atoms with van der Waals surface area (Å²) in [7, 11) is 0. The van der Waals surface area contributed by atoms with Gasteiger partial charge in [0.05, 0.1) is 6.54 Å². The predicted octanol–water partition coefficient (Wildman–Crippen LogP) is 4.47. The molecule has 1 N–H and O–H groups in total. The number of allylic oxidation sites excluding steroid dienone is 1. The minimum absolute atomic E-state index is 0.0529. The molecule has 0 bridgehead atoms. The Labute approximate surface area is 129 Å². The Morgan fingerprint density at radius 1 is 1.29 bits per heavy atom. The Balaban J connectivity index is 2.56. The van der Waals surface area contributed by atoms with Gasteiger partial charge >= 0.3 is 6.08 Å². The molecule has 1 rings (SSSR count). The molecule has 0 saturated carbocycles. The lowest BCUT2D eigenvalue weighted by Crippen LogP contribution is -2.14. The van der Waals surface area contributed by atoms with Gasteiger partial charge in [-0.25, -0.2) is 4.39 Å². The fourth-order valence-corrected chi connectivity index (χ4v) is 2.13. The van der Waals surface area contributed by atoms with Gasteiger partial charge < -0.3 is 0 Å². The highest BCUT2D eigenvalue weighted by atomic mass is 35.5. The summed E-state index contributed by atoms with van der Waals surface area (Å²) in [6.45, 7) is 0.296. The van der Waals surface area contributed by atoms with Crippen LogP contribution in [0.15, 0.2) is 41.2 Å². The number of rotatable bonds is 5. The summed E-state index contributed by atoms with van der Waals surface area (Å²) in [6.07, 6.45) is -1.04. The summed E-state index contributed by atoms with van der Waals surface area (Å²) < 4.78 is 36.4. The van der Waals surface area contributed by atoms with Crippen molar-refractivity contribution in [1.82, 2.24) is 5.32 Å². The predicted molar refractivity (Wildman–Crippen MR) is 78.8 cm³/mol. The Bertz CT molecular complexity index is 563. The lowest BCUT2D eigenvalue weighted by molar-refractivity contribution is 0.373. The molecule has 3 nitrogen and oxygen atoms in total. The minimum atomic E-state index is -2.32. The summed E-state index contributed by atoms with van der Waals surface area (Å²) >= 11 is 6.75. The monoisotopic (exact) mass is 333 g/mol. The lowest BCUT2D eigenvalue weighted by atomic mass is 10.2. The van der Waals surface area contributed by atoms with Crippen LogP contribution in [0.3, 0.4) is 0 Å². The van der Waals surface area contributed by atoms with Crippen molar-refractivity contribution >= 4 is 28.5 Å². The van der Waals surface area contributed by atoms with Crippen molar-refractivity contribution in [3.8, 4) is 6.19 Å². The van der Waals surface area contributed by atoms with Crippen molar-refractivity contribution in [3.05, 3.63) is 46.8 Å². The standard InChI is InChI=1S/C13H11ClF3N3S/c14-10-3-1-9(2-4-10)7-19-13(20-8-18)21-6-5-11(15)12(16)17/h1-4H,5-7H2,(H,19,20). The molecule has 0 aromatic heterocycles. The Morgan fingerprint density at radius 2 is 1.95 bits per heavy atom. The Kier molecular flexibility index (Phi) is 7.72. The van der Waals surface area contributed by atoms with E-state index in [1.54, 1.807) is 30.5 Å². The van der Waals surface area contributed by atoms with Crippen LogP contribution in [0.2, 0.25) is 5.02 Å². The van der Waals surface area contributed by atoms with Crippen molar-refractivity contribution in [3.63, 3.8) is 0 Å². The number of hydrogen-bond donors (Lipinski definition) is 1. The van der Waals surface area contributed by atoms with Crippen LogP contribution < -0.4 is 5.32 Å². The lowest BCUT2D eigenvalue weighted by Gasteiger charge is -2.03. The van der Waals surface area contributed by atoms with E-state index in [4.69, 9.17) is 16.9 Å². The van der Waals surface area contributed by atoms with E-state index in [9.17, 15) is 13.2 Å². The first kappa shape index (κ1) is 17.4. The van der Waals surface area contributed by atoms with Crippen LogP contribution in [0.4, 0.5) is 13.2 Å². The molecule has 0 unspecified atom stereocenters. The van der Waals surface area contributed by atoms with Gasteiger partial charge in [0.25, 0.3) is 0 Å². The molecule has 1 aromatic carbocycles. The fourth-order valence-electron chi connectivity index (χ4n) is 1.25. The maximum Gasteiger partial charge on any atom is 0.301 e. The van der Waals surface area contributed by atoms with Gasteiger partial charge in [0.15, 0.2) is 17.2 Å². The van der Waals surface area contributed by atoms with Gasteiger partial charge in [-0.3, -0.25) is 10.3 Å². The van der Waals surface area contributed by atoms with E-state index >= 15 is 0 Å². The maximum atomic E-state index is 12.6. The third-order valence-corrected chi connectivity index (χ3v) is 3.41. The van der Waals surface area contributed by atoms with Gasteiger partial charge in [-0.2, -0.15) is 14.0 Å². The zero-order valence-electron chi connectivity index (χ0n) is 10.7. The molecule has 0 radical (unpaired) electrons. The average Bonchev–Trinajstić information content (AvgIpc) is 2.46. The molecule has 0 aliphatic carbocycles. The molecule has 112 valence electrons. The number of benzene rings is 1. The van der Waals surface area contributed by atoms with Crippen molar-refractivity contribution in [1.29, 1.82) is 5.26 Å². The molecule has 0 spiro atoms. The summed E-state index contributed by atoms with van der Waals surface area (Å²) in [5, 5.41) is 11.8. The molecular weight excluding hydrogens is 323 g/mol. The van der Waals surface area contributed by atoms with Gasteiger partial charge in [-0.15, -0.1) is 0 Å². The highest BCUT2D eigenvalue weighted by Crippen LogP contribution is 2.17. The number of thioether (sulfide) groups is 1. The van der Waals surface area contributed by atoms with Gasteiger partial charge in [-0.05, 0) is 17.7 Å². The van der Waals surface area contributed by atoms with E-state index in [0.717, 1.165) is 17.3 Å². The summed E-state index contributed by atoms with van der Waals surface area (Å²) in [5.41, 5.74) is 0.873. The molecule has 0 aliphatic rings. The molecule has 0 fully saturated rings. The first-order valence-electron chi connectivity index (χ1n) is 5.79. The van der Waals surface area contributed by atoms with E-state index in [2.05, 4.69) is 10.3 Å². The maximum absolute atomic E-state index is 12.6. The van der Waals surface area contributed by atoms with Crippen LogP contribution >= 0.6 is 23.4 Å². The molecule has 8 heteroatoms. The molecular formula is C13H11ClF3N3S. The Morgan fingerprint density at radius 3 is 2.52 bits per heavy atom. The van der Waals surface area contributed by atoms with Crippen LogP contribution in [0.25, 0.3) is 0 Å². The van der Waals surface area contributed by atoms with Crippen LogP contribution in [-0.2, 0) is 6.54 Å². The van der Waals surface area contributed by atoms with Crippen molar-refractivity contribution < 1.29 is 13.2 Å². The molecule has 0 heterocycles. The van der Waals surface area contributed by atoms with Crippen molar-refractivity contribution in [2.75, 3.05) is 5.75 Å². The van der Waals surface area contributed by atoms with Crippen LogP contribution in [-0.4, -0.2) is 10.9 Å². The number of hydrogen-bond acceptors (Lipinski definition) is 3. The molecule has 21 heavy (non-hydrogen) atoms. The number of nitrogens with zero attached hydrogens (tertiary/aromatic N) is 2. The van der Waals surface area contributed by atoms with Gasteiger partial charge in [0.1, 0.15) is 0 Å². The van der Waals surface area contributed by atoms with E-state index < -0.39 is 18.3 Å². The van der Waals surface area contributed by atoms with Crippen molar-refractivity contribution in [2.24, 2.45) is 4.99 Å². The highest BCUT2D eigenvalue weighted by molar-refractivity contribution is 8.13. The summed E-state index contributed by atoms with van der Waals surface area (Å²) in [4.78, 5) is 4.13. The molecule has 1 aromatic rings. The number of aliphatic imine (C=N–C) groups is 1. The zero-order chi connectivity index (χ0) is 15.7. The van der Waals surface area contributed by atoms with E-state index in [1.165, 1.54) is 0 Å². The Hall–Kier alpha value is -1.65. The zero-order valence-corrected chi connectivity index (χ0v) is 12.3. The number of nitriles is 1. The van der Waals surface area contributed by atoms with Gasteiger partial charge in [0.2, 0.25) is 0 Å². The second-order valence-corrected chi connectivity index (χ2v) is 5.27. The fraction of sp³-hybridized carbons (Fsp3) is 0.231. The number of amidine groups is 1. The molecule has 0 aliphatic heterocycles. The molecule has 0 atom stereocenters. The van der Waals surface area contributed by atoms with Crippen LogP contribution in [0.1, 0.15) is 12.0 Å². The number of halogens is 4. The third kappa shape index (κ3) is 7.06. The summed E-state index contributed by atoms with van der Waals surface area (Å²) in [6, 6.07) is 6.98. The third-order valence-electron chi connectivity index (χ3n) is 2.25. The van der Waals surface area contributed by atoms with E-state index in [1.807, 2.05) is 0 Å². The molecule has 0 amide bonds. The normalized spacial score (nSPS) is 10.9. The average molecular weight is 334 g/mol. The highest BCUT2D eigenvalue weighted by Gasteiger charge is 2.06. The summed E-state index contributed by atoms with van der Waals surface area (Å²) in [5.74, 6) is -1.39. The SMILES string of the molecule is N#CNC(=NCc1ccc(Cl)cc1)SCCC(F)=C(F)F. The second-order valence-electron chi connectivity index (χ2n) is 3.75. The van der Waals surface area contributed by atoms with Crippen molar-refractivity contribution in [2.45, 2.75) is 13.0 Å².